The van der Waals surface area contributed by atoms with Gasteiger partial charge in [-0.3, -0.25) is 4.90 Å². The van der Waals surface area contributed by atoms with Crippen LogP contribution in [0.4, 0.5) is 0 Å². The van der Waals surface area contributed by atoms with Gasteiger partial charge in [0.05, 0.1) is 6.61 Å². The van der Waals surface area contributed by atoms with Gasteiger partial charge in [-0.15, -0.1) is 0 Å². The van der Waals surface area contributed by atoms with Gasteiger partial charge in [0.15, 0.2) is 0 Å². The minimum absolute atomic E-state index is 0.303. The van der Waals surface area contributed by atoms with Crippen molar-refractivity contribution < 1.29 is 5.11 Å². The third kappa shape index (κ3) is 1.71. The number of piperidine rings is 1. The molecule has 17 heavy (non-hydrogen) atoms. The number of likely N-dealkylation sites (tertiary alicyclic amines) is 1. The third-order valence-corrected chi connectivity index (χ3v) is 4.87. The van der Waals surface area contributed by atoms with Gasteiger partial charge in [-0.1, -0.05) is 44.2 Å². The van der Waals surface area contributed by atoms with Crippen molar-refractivity contribution in [1.29, 1.82) is 0 Å². The zero-order chi connectivity index (χ0) is 12.0. The van der Waals surface area contributed by atoms with Crippen molar-refractivity contribution in [1.82, 2.24) is 4.90 Å². The number of hydrogen-bond acceptors (Lipinski definition) is 2. The average Bonchev–Trinajstić information content (AvgIpc) is 2.72. The van der Waals surface area contributed by atoms with Crippen molar-refractivity contribution in [2.24, 2.45) is 17.3 Å². The Bertz CT molecular complexity index is 401. The predicted octanol–water partition coefficient (Wildman–Crippen LogP) is 2.14. The van der Waals surface area contributed by atoms with Crippen LogP contribution < -0.4 is 0 Å². The summed E-state index contributed by atoms with van der Waals surface area (Å²) in [4.78, 5) is 2.45. The molecule has 1 heterocycles. The van der Waals surface area contributed by atoms with Crippen molar-refractivity contribution in [3.8, 4) is 0 Å². The van der Waals surface area contributed by atoms with Gasteiger partial charge in [0, 0.05) is 19.1 Å². The maximum atomic E-state index is 9.60. The van der Waals surface area contributed by atoms with E-state index < -0.39 is 0 Å². The summed E-state index contributed by atoms with van der Waals surface area (Å²) in [5.74, 6) is 1.50. The monoisotopic (exact) mass is 231 g/mol. The largest absolute Gasteiger partial charge is 0.395 e. The molecule has 3 rings (SSSR count). The fraction of sp³-hybridized carbons (Fsp3) is 0.600. The highest BCUT2D eigenvalue weighted by molar-refractivity contribution is 5.19. The van der Waals surface area contributed by atoms with Gasteiger partial charge >= 0.3 is 0 Å². The third-order valence-electron chi connectivity index (χ3n) is 4.87. The second kappa shape index (κ2) is 3.82. The van der Waals surface area contributed by atoms with Crippen molar-refractivity contribution in [3.63, 3.8) is 0 Å². The highest BCUT2D eigenvalue weighted by Crippen LogP contribution is 2.64. The summed E-state index contributed by atoms with van der Waals surface area (Å²) < 4.78 is 0. The molecule has 92 valence electrons. The molecule has 1 aliphatic heterocycles. The highest BCUT2D eigenvalue weighted by Gasteiger charge is 2.66. The van der Waals surface area contributed by atoms with Crippen molar-refractivity contribution >= 4 is 0 Å². The van der Waals surface area contributed by atoms with E-state index in [1.165, 1.54) is 5.56 Å². The number of aliphatic hydroxyl groups excluding tert-OH is 1. The van der Waals surface area contributed by atoms with E-state index in [-0.39, 0.29) is 0 Å². The first-order valence-electron chi connectivity index (χ1n) is 6.53. The van der Waals surface area contributed by atoms with E-state index in [2.05, 4.69) is 49.1 Å². The SMILES string of the molecule is CC1(C)C2CN(Cc3ccccc3)[C@H](CO)C21. The van der Waals surface area contributed by atoms with Crippen LogP contribution in [-0.4, -0.2) is 29.2 Å². The molecule has 3 atom stereocenters. The summed E-state index contributed by atoms with van der Waals surface area (Å²) in [6.45, 7) is 7.11. The Labute approximate surface area is 103 Å². The molecule has 2 fully saturated rings. The number of nitrogens with zero attached hydrogens (tertiary/aromatic N) is 1. The Morgan fingerprint density at radius 3 is 2.65 bits per heavy atom. The summed E-state index contributed by atoms with van der Waals surface area (Å²) in [5, 5.41) is 9.60. The molecule has 2 nitrogen and oxygen atoms in total. The predicted molar refractivity (Wildman–Crippen MR) is 68.5 cm³/mol. The lowest BCUT2D eigenvalue weighted by Gasteiger charge is -2.29. The fourth-order valence-electron chi connectivity index (χ4n) is 3.74. The Hall–Kier alpha value is -0.860. The number of rotatable bonds is 3. The van der Waals surface area contributed by atoms with E-state index in [1.54, 1.807) is 0 Å². The van der Waals surface area contributed by atoms with Gasteiger partial charge in [-0.05, 0) is 22.8 Å². The van der Waals surface area contributed by atoms with Crippen molar-refractivity contribution in [2.45, 2.75) is 26.4 Å². The molecule has 0 aromatic heterocycles. The molecular weight excluding hydrogens is 210 g/mol. The van der Waals surface area contributed by atoms with E-state index in [0.29, 0.717) is 24.0 Å². The standard InChI is InChI=1S/C15H21NO/c1-15(2)12-9-16(13(10-17)14(12)15)8-11-6-4-3-5-7-11/h3-7,12-14,17H,8-10H2,1-2H3/t12?,13-,14?/m1/s1. The molecule has 0 bridgehead atoms. The van der Waals surface area contributed by atoms with Gasteiger partial charge in [0.1, 0.15) is 0 Å². The van der Waals surface area contributed by atoms with Crippen LogP contribution >= 0.6 is 0 Å². The van der Waals surface area contributed by atoms with Crippen LogP contribution in [-0.2, 0) is 6.54 Å². The molecule has 1 aromatic carbocycles. The Morgan fingerprint density at radius 1 is 1.29 bits per heavy atom. The normalized spacial score (nSPS) is 34.6. The Kier molecular flexibility index (Phi) is 2.53. The number of hydrogen-bond donors (Lipinski definition) is 1. The first-order valence-corrected chi connectivity index (χ1v) is 6.53. The lowest BCUT2D eigenvalue weighted by molar-refractivity contribution is 0.110. The summed E-state index contributed by atoms with van der Waals surface area (Å²) >= 11 is 0. The average molecular weight is 231 g/mol. The quantitative estimate of drug-likeness (QED) is 0.861. The fourth-order valence-corrected chi connectivity index (χ4v) is 3.74. The van der Waals surface area contributed by atoms with Crippen molar-refractivity contribution in [2.75, 3.05) is 13.2 Å². The maximum Gasteiger partial charge on any atom is 0.0590 e. The molecule has 0 amide bonds. The summed E-state index contributed by atoms with van der Waals surface area (Å²) in [6.07, 6.45) is 0. The first-order chi connectivity index (χ1) is 8.14. The maximum absolute atomic E-state index is 9.60. The smallest absolute Gasteiger partial charge is 0.0590 e. The molecule has 2 aliphatic rings. The van der Waals surface area contributed by atoms with Crippen LogP contribution in [0.1, 0.15) is 19.4 Å². The van der Waals surface area contributed by atoms with Gasteiger partial charge in [0.25, 0.3) is 0 Å². The minimum Gasteiger partial charge on any atom is -0.395 e. The summed E-state index contributed by atoms with van der Waals surface area (Å²) in [5.41, 5.74) is 1.81. The molecule has 0 spiro atoms. The van der Waals surface area contributed by atoms with Gasteiger partial charge < -0.3 is 5.11 Å². The molecule has 0 radical (unpaired) electrons. The zero-order valence-corrected chi connectivity index (χ0v) is 10.6. The van der Waals surface area contributed by atoms with E-state index in [0.717, 1.165) is 19.0 Å². The topological polar surface area (TPSA) is 23.5 Å². The molecule has 1 aromatic rings. The number of fused-ring (bicyclic) bond motifs is 1. The van der Waals surface area contributed by atoms with Gasteiger partial charge in [-0.25, -0.2) is 0 Å². The molecule has 1 saturated heterocycles. The summed E-state index contributed by atoms with van der Waals surface area (Å²) in [6, 6.07) is 10.9. The van der Waals surface area contributed by atoms with Crippen LogP contribution in [0, 0.1) is 17.3 Å². The molecule has 2 unspecified atom stereocenters. The molecule has 2 heteroatoms. The Balaban J connectivity index is 1.71. The van der Waals surface area contributed by atoms with Crippen LogP contribution in [0.3, 0.4) is 0 Å². The molecular formula is C15H21NO. The van der Waals surface area contributed by atoms with E-state index in [4.69, 9.17) is 0 Å². The van der Waals surface area contributed by atoms with Crippen molar-refractivity contribution in [3.05, 3.63) is 35.9 Å². The van der Waals surface area contributed by atoms with Gasteiger partial charge in [-0.2, -0.15) is 0 Å². The van der Waals surface area contributed by atoms with E-state index in [1.807, 2.05) is 0 Å². The van der Waals surface area contributed by atoms with E-state index >= 15 is 0 Å². The zero-order valence-electron chi connectivity index (χ0n) is 10.6. The summed E-state index contributed by atoms with van der Waals surface area (Å²) in [7, 11) is 0. The lowest BCUT2D eigenvalue weighted by Crippen LogP contribution is -2.38. The lowest BCUT2D eigenvalue weighted by atomic mass is 10.0. The van der Waals surface area contributed by atoms with Crippen LogP contribution in [0.15, 0.2) is 30.3 Å². The van der Waals surface area contributed by atoms with Gasteiger partial charge in [0.2, 0.25) is 0 Å². The van der Waals surface area contributed by atoms with Crippen LogP contribution in [0.2, 0.25) is 0 Å². The number of benzene rings is 1. The second-order valence-corrected chi connectivity index (χ2v) is 6.12. The number of aliphatic hydroxyl groups is 1. The second-order valence-electron chi connectivity index (χ2n) is 6.12. The first kappa shape index (κ1) is 11.2. The molecule has 1 aliphatic carbocycles. The van der Waals surface area contributed by atoms with Crippen LogP contribution in [0.25, 0.3) is 0 Å². The molecule has 1 N–H and O–H groups in total. The molecule has 1 saturated carbocycles. The highest BCUT2D eigenvalue weighted by atomic mass is 16.3. The van der Waals surface area contributed by atoms with E-state index in [9.17, 15) is 5.11 Å². The Morgan fingerprint density at radius 2 is 2.00 bits per heavy atom. The van der Waals surface area contributed by atoms with Crippen LogP contribution in [0.5, 0.6) is 0 Å². The minimum atomic E-state index is 0.303.